The summed E-state index contributed by atoms with van der Waals surface area (Å²) in [4.78, 5) is 0. The first-order chi connectivity index (χ1) is 4.31. The zero-order valence-corrected chi connectivity index (χ0v) is 10.4. The van der Waals surface area contributed by atoms with Crippen LogP contribution < -0.4 is 0 Å². The van der Waals surface area contributed by atoms with Gasteiger partial charge >= 0.3 is 0 Å². The first-order valence-corrected chi connectivity index (χ1v) is 11.8. The summed E-state index contributed by atoms with van der Waals surface area (Å²) in [5, 5.41) is 0. The summed E-state index contributed by atoms with van der Waals surface area (Å²) in [5.41, 5.74) is 3.72. The fraction of sp³-hybridized carbons (Fsp3) is 0.667. The molecule has 10 heavy (non-hydrogen) atoms. The molecule has 0 aromatic rings. The molecule has 0 aliphatic heterocycles. The van der Waals surface area contributed by atoms with Gasteiger partial charge in [0.25, 0.3) is 0 Å². The van der Waals surface area contributed by atoms with Crippen molar-refractivity contribution in [3.05, 3.63) is 11.2 Å². The van der Waals surface area contributed by atoms with Crippen LogP contribution in [0.2, 0.25) is 26.2 Å². The summed E-state index contributed by atoms with van der Waals surface area (Å²) in [6, 6.07) is 0. The normalized spacial score (nSPS) is 14.6. The predicted molar refractivity (Wildman–Crippen MR) is 55.8 cm³/mol. The van der Waals surface area contributed by atoms with Crippen molar-refractivity contribution in [2.24, 2.45) is 0 Å². The molecule has 0 rings (SSSR count). The summed E-state index contributed by atoms with van der Waals surface area (Å²) in [6.07, 6.45) is 0. The van der Waals surface area contributed by atoms with Crippen molar-refractivity contribution in [3.63, 3.8) is 0 Å². The molecule has 0 atom stereocenters. The minimum Gasteiger partial charge on any atom is -0.171 e. The second-order valence-corrected chi connectivity index (χ2v) is 21.9. The van der Waals surface area contributed by atoms with E-state index in [0.29, 0.717) is 0 Å². The van der Waals surface area contributed by atoms with Gasteiger partial charge in [-0.1, -0.05) is 43.5 Å². The Labute approximate surface area is 74.7 Å². The molecule has 0 aromatic heterocycles. The molecule has 0 nitrogen and oxygen atoms in total. The fourth-order valence-electron chi connectivity index (χ4n) is 0.356. The molecule has 0 amide bonds. The maximum absolute atomic E-state index is 6.29. The lowest BCUT2D eigenvalue weighted by atomic mass is 11.2. The Morgan fingerprint density at radius 2 is 1.50 bits per heavy atom. The Morgan fingerprint density at radius 3 is 1.60 bits per heavy atom. The van der Waals surface area contributed by atoms with Crippen molar-refractivity contribution in [2.45, 2.75) is 26.2 Å². The smallest absolute Gasteiger partial charge is 0.145 e. The van der Waals surface area contributed by atoms with Gasteiger partial charge in [0.05, 0.1) is 7.59 Å². The van der Waals surface area contributed by atoms with Gasteiger partial charge in [-0.15, -0.1) is 0 Å². The molecule has 0 bridgehead atoms. The van der Waals surface area contributed by atoms with Crippen LogP contribution >= 0.6 is 22.7 Å². The standard InChI is InChI=1S/C6H14Cl2Si2/c1-9(2,6-5-7)10(3,4)8/h5-6H,1-4H3/b6-5+. The second-order valence-electron chi connectivity index (χ2n) is 3.49. The Kier molecular flexibility index (Phi) is 3.69. The monoisotopic (exact) mass is 212 g/mol. The molecular formula is C6H14Cl2Si2. The first kappa shape index (κ1) is 10.8. The molecule has 0 fully saturated rings. The van der Waals surface area contributed by atoms with Crippen LogP contribution in [0.1, 0.15) is 0 Å². The SMILES string of the molecule is C[Si](C)(Cl)[Si](C)(C)/C=C/Cl. The zero-order chi connectivity index (χ0) is 8.41. The van der Waals surface area contributed by atoms with E-state index in [0.717, 1.165) is 0 Å². The third-order valence-corrected chi connectivity index (χ3v) is 20.5. The zero-order valence-electron chi connectivity index (χ0n) is 6.91. The van der Waals surface area contributed by atoms with E-state index in [2.05, 4.69) is 31.9 Å². The van der Waals surface area contributed by atoms with E-state index in [4.69, 9.17) is 22.7 Å². The highest BCUT2D eigenvalue weighted by molar-refractivity contribution is 7.59. The lowest BCUT2D eigenvalue weighted by Gasteiger charge is -2.28. The average molecular weight is 213 g/mol. The molecule has 4 heteroatoms. The summed E-state index contributed by atoms with van der Waals surface area (Å²) >= 11 is 11.8. The van der Waals surface area contributed by atoms with Gasteiger partial charge in [-0.25, -0.2) is 0 Å². The third-order valence-electron chi connectivity index (χ3n) is 2.01. The Bertz CT molecular complexity index is 135. The van der Waals surface area contributed by atoms with Gasteiger partial charge in [0.15, 0.2) is 0 Å². The third kappa shape index (κ3) is 2.78. The number of rotatable bonds is 2. The van der Waals surface area contributed by atoms with Crippen molar-refractivity contribution in [3.8, 4) is 0 Å². The molecule has 0 aliphatic rings. The highest BCUT2D eigenvalue weighted by Crippen LogP contribution is 2.23. The summed E-state index contributed by atoms with van der Waals surface area (Å²) in [7, 11) is -1.31. The first-order valence-electron chi connectivity index (χ1n) is 3.28. The molecular weight excluding hydrogens is 199 g/mol. The van der Waals surface area contributed by atoms with Gasteiger partial charge < -0.3 is 0 Å². The van der Waals surface area contributed by atoms with Crippen LogP contribution in [-0.4, -0.2) is 14.5 Å². The minimum absolute atomic E-state index is 1.31. The largest absolute Gasteiger partial charge is 0.171 e. The lowest BCUT2D eigenvalue weighted by Crippen LogP contribution is -2.48. The molecule has 0 saturated carbocycles. The van der Waals surface area contributed by atoms with E-state index < -0.39 is 14.5 Å². The van der Waals surface area contributed by atoms with Gasteiger partial charge in [0.2, 0.25) is 0 Å². The summed E-state index contributed by atoms with van der Waals surface area (Å²) in [6.45, 7) is 7.40. The van der Waals surface area contributed by atoms with Crippen LogP contribution in [0.3, 0.4) is 0 Å². The quantitative estimate of drug-likeness (QED) is 0.486. The topological polar surface area (TPSA) is 0 Å². The van der Waals surface area contributed by atoms with Crippen LogP contribution in [0.25, 0.3) is 0 Å². The molecule has 0 aliphatic carbocycles. The fourth-order valence-corrected chi connectivity index (χ4v) is 4.33. The molecule has 0 saturated heterocycles. The highest BCUT2D eigenvalue weighted by Gasteiger charge is 2.37. The Morgan fingerprint density at radius 1 is 1.10 bits per heavy atom. The van der Waals surface area contributed by atoms with Gasteiger partial charge in [0.1, 0.15) is 6.90 Å². The Hall–Kier alpha value is 0.754. The van der Waals surface area contributed by atoms with E-state index in [9.17, 15) is 0 Å². The predicted octanol–water partition coefficient (Wildman–Crippen LogP) is 3.51. The van der Waals surface area contributed by atoms with Gasteiger partial charge in [-0.05, 0) is 5.54 Å². The van der Waals surface area contributed by atoms with Crippen molar-refractivity contribution in [1.82, 2.24) is 0 Å². The number of halogens is 2. The van der Waals surface area contributed by atoms with Gasteiger partial charge in [-0.2, -0.15) is 11.1 Å². The van der Waals surface area contributed by atoms with E-state index in [1.54, 1.807) is 5.54 Å². The summed E-state index contributed by atoms with van der Waals surface area (Å²) < 4.78 is 0. The molecule has 0 aromatic carbocycles. The van der Waals surface area contributed by atoms with Crippen LogP contribution in [0.4, 0.5) is 0 Å². The van der Waals surface area contributed by atoms with E-state index in [1.807, 2.05) is 0 Å². The second kappa shape index (κ2) is 3.43. The van der Waals surface area contributed by atoms with Crippen molar-refractivity contribution < 1.29 is 0 Å². The molecule has 0 radical (unpaired) electrons. The van der Waals surface area contributed by atoms with Crippen LogP contribution in [0, 0.1) is 0 Å². The number of hydrogen-bond acceptors (Lipinski definition) is 0. The van der Waals surface area contributed by atoms with Crippen LogP contribution in [0.5, 0.6) is 0 Å². The van der Waals surface area contributed by atoms with Crippen molar-refractivity contribution in [2.75, 3.05) is 0 Å². The number of hydrogen-bond donors (Lipinski definition) is 0. The highest BCUT2D eigenvalue weighted by atomic mass is 35.6. The van der Waals surface area contributed by atoms with Gasteiger partial charge in [-0.3, -0.25) is 0 Å². The Balaban J connectivity index is 4.40. The van der Waals surface area contributed by atoms with E-state index in [1.165, 1.54) is 0 Å². The van der Waals surface area contributed by atoms with E-state index in [-0.39, 0.29) is 0 Å². The molecule has 0 heterocycles. The van der Waals surface area contributed by atoms with Gasteiger partial charge in [0, 0.05) is 0 Å². The van der Waals surface area contributed by atoms with Crippen molar-refractivity contribution in [1.29, 1.82) is 0 Å². The van der Waals surface area contributed by atoms with Crippen LogP contribution in [0.15, 0.2) is 11.2 Å². The molecule has 0 N–H and O–H groups in total. The average Bonchev–Trinajstić information content (AvgIpc) is 1.61. The van der Waals surface area contributed by atoms with Crippen LogP contribution in [-0.2, 0) is 0 Å². The summed E-state index contributed by atoms with van der Waals surface area (Å²) in [5.74, 6) is 0. The molecule has 0 spiro atoms. The maximum atomic E-state index is 6.29. The maximum Gasteiger partial charge on any atom is 0.145 e. The van der Waals surface area contributed by atoms with E-state index >= 15 is 0 Å². The molecule has 60 valence electrons. The lowest BCUT2D eigenvalue weighted by molar-refractivity contribution is 1.85. The molecule has 0 unspecified atom stereocenters. The van der Waals surface area contributed by atoms with Crippen molar-refractivity contribution >= 4 is 37.2 Å². The minimum atomic E-state index is -1.47.